The Bertz CT molecular complexity index is 574. The Balaban J connectivity index is 1.50. The van der Waals surface area contributed by atoms with Crippen molar-refractivity contribution in [1.82, 2.24) is 19.4 Å². The van der Waals surface area contributed by atoms with Gasteiger partial charge in [-0.15, -0.1) is 0 Å². The van der Waals surface area contributed by atoms with E-state index in [1.165, 1.54) is 18.7 Å². The number of rotatable bonds is 4. The molecule has 1 saturated heterocycles. The Morgan fingerprint density at radius 1 is 1.29 bits per heavy atom. The summed E-state index contributed by atoms with van der Waals surface area (Å²) in [4.78, 5) is 11.4. The molecule has 0 spiro atoms. The van der Waals surface area contributed by atoms with E-state index in [4.69, 9.17) is 4.42 Å². The zero-order chi connectivity index (χ0) is 14.8. The summed E-state index contributed by atoms with van der Waals surface area (Å²) < 4.78 is 7.81. The first-order valence-electron chi connectivity index (χ1n) is 7.73. The standard InChI is InChI=1S/C16H24N4O/c1-12-13(2)21-16(18-12)11-20-7-4-14(5-8-20)10-15-17-6-9-19(15)3/h6,9,14H,4-5,7-8,10-11H2,1-3H3. The van der Waals surface area contributed by atoms with Crippen LogP contribution in [0.4, 0.5) is 0 Å². The monoisotopic (exact) mass is 288 g/mol. The molecule has 0 aromatic carbocycles. The summed E-state index contributed by atoms with van der Waals surface area (Å²) in [6, 6.07) is 0. The predicted molar refractivity (Wildman–Crippen MR) is 80.9 cm³/mol. The van der Waals surface area contributed by atoms with Crippen molar-refractivity contribution in [2.75, 3.05) is 13.1 Å². The first-order chi connectivity index (χ1) is 10.1. The van der Waals surface area contributed by atoms with E-state index in [-0.39, 0.29) is 0 Å². The fourth-order valence-electron chi connectivity index (χ4n) is 3.00. The number of hydrogen-bond acceptors (Lipinski definition) is 4. The lowest BCUT2D eigenvalue weighted by Crippen LogP contribution is -2.34. The molecule has 2 aromatic heterocycles. The van der Waals surface area contributed by atoms with Crippen molar-refractivity contribution >= 4 is 0 Å². The van der Waals surface area contributed by atoms with Gasteiger partial charge in [-0.25, -0.2) is 9.97 Å². The molecule has 0 bridgehead atoms. The number of hydrogen-bond donors (Lipinski definition) is 0. The molecule has 3 rings (SSSR count). The maximum absolute atomic E-state index is 5.68. The normalized spacial score (nSPS) is 17.5. The van der Waals surface area contributed by atoms with Crippen LogP contribution in [-0.2, 0) is 20.0 Å². The van der Waals surface area contributed by atoms with Crippen molar-refractivity contribution in [2.24, 2.45) is 13.0 Å². The molecule has 1 aliphatic rings. The average Bonchev–Trinajstić information content (AvgIpc) is 2.99. The highest BCUT2D eigenvalue weighted by atomic mass is 16.4. The topological polar surface area (TPSA) is 47.1 Å². The molecule has 2 aromatic rings. The molecule has 0 N–H and O–H groups in total. The zero-order valence-corrected chi connectivity index (χ0v) is 13.2. The molecular formula is C16H24N4O. The number of likely N-dealkylation sites (tertiary alicyclic amines) is 1. The van der Waals surface area contributed by atoms with Crippen molar-refractivity contribution in [3.05, 3.63) is 35.6 Å². The first kappa shape index (κ1) is 14.3. The second-order valence-corrected chi connectivity index (χ2v) is 6.13. The lowest BCUT2D eigenvalue weighted by atomic mass is 9.93. The summed E-state index contributed by atoms with van der Waals surface area (Å²) in [5.41, 5.74) is 1.01. The van der Waals surface area contributed by atoms with Gasteiger partial charge in [0.25, 0.3) is 0 Å². The van der Waals surface area contributed by atoms with Gasteiger partial charge in [0, 0.05) is 25.9 Å². The van der Waals surface area contributed by atoms with Gasteiger partial charge in [0.1, 0.15) is 11.6 Å². The number of oxazole rings is 1. The van der Waals surface area contributed by atoms with E-state index in [1.54, 1.807) is 0 Å². The van der Waals surface area contributed by atoms with Gasteiger partial charge >= 0.3 is 0 Å². The SMILES string of the molecule is Cc1nc(CN2CCC(Cc3nccn3C)CC2)oc1C. The van der Waals surface area contributed by atoms with E-state index >= 15 is 0 Å². The quantitative estimate of drug-likeness (QED) is 0.867. The highest BCUT2D eigenvalue weighted by Gasteiger charge is 2.22. The summed E-state index contributed by atoms with van der Waals surface area (Å²) >= 11 is 0. The van der Waals surface area contributed by atoms with Crippen LogP contribution in [-0.4, -0.2) is 32.5 Å². The van der Waals surface area contributed by atoms with Crippen LogP contribution in [0.2, 0.25) is 0 Å². The largest absolute Gasteiger partial charge is 0.444 e. The Labute approximate surface area is 126 Å². The second-order valence-electron chi connectivity index (χ2n) is 6.13. The van der Waals surface area contributed by atoms with Gasteiger partial charge in [0.15, 0.2) is 0 Å². The third kappa shape index (κ3) is 3.35. The summed E-state index contributed by atoms with van der Waals surface area (Å²) in [7, 11) is 2.07. The summed E-state index contributed by atoms with van der Waals surface area (Å²) in [5.74, 6) is 3.74. The van der Waals surface area contributed by atoms with Gasteiger partial charge in [0.05, 0.1) is 12.2 Å². The van der Waals surface area contributed by atoms with E-state index in [0.29, 0.717) is 0 Å². The number of piperidine rings is 1. The maximum atomic E-state index is 5.68. The number of imidazole rings is 1. The van der Waals surface area contributed by atoms with Crippen LogP contribution in [0.25, 0.3) is 0 Å². The minimum atomic E-state index is 0.746. The van der Waals surface area contributed by atoms with E-state index < -0.39 is 0 Å². The van der Waals surface area contributed by atoms with Crippen molar-refractivity contribution in [1.29, 1.82) is 0 Å². The van der Waals surface area contributed by atoms with Gasteiger partial charge in [-0.3, -0.25) is 4.90 Å². The van der Waals surface area contributed by atoms with Crippen LogP contribution in [0.3, 0.4) is 0 Å². The second kappa shape index (κ2) is 6.02. The van der Waals surface area contributed by atoms with E-state index in [9.17, 15) is 0 Å². The van der Waals surface area contributed by atoms with Crippen molar-refractivity contribution in [3.63, 3.8) is 0 Å². The Kier molecular flexibility index (Phi) is 4.10. The van der Waals surface area contributed by atoms with Crippen molar-refractivity contribution < 1.29 is 4.42 Å². The average molecular weight is 288 g/mol. The number of aryl methyl sites for hydroxylation is 3. The van der Waals surface area contributed by atoms with Gasteiger partial charge in [-0.05, 0) is 45.7 Å². The number of aromatic nitrogens is 3. The van der Waals surface area contributed by atoms with E-state index in [1.807, 2.05) is 26.2 Å². The molecule has 5 heteroatoms. The van der Waals surface area contributed by atoms with Gasteiger partial charge in [-0.1, -0.05) is 0 Å². The van der Waals surface area contributed by atoms with E-state index in [0.717, 1.165) is 49.3 Å². The lowest BCUT2D eigenvalue weighted by molar-refractivity contribution is 0.162. The van der Waals surface area contributed by atoms with Crippen LogP contribution in [0.5, 0.6) is 0 Å². The van der Waals surface area contributed by atoms with Gasteiger partial charge < -0.3 is 8.98 Å². The smallest absolute Gasteiger partial charge is 0.208 e. The van der Waals surface area contributed by atoms with Crippen molar-refractivity contribution in [2.45, 2.75) is 39.7 Å². The van der Waals surface area contributed by atoms with Gasteiger partial charge in [0.2, 0.25) is 5.89 Å². The molecule has 114 valence electrons. The molecule has 0 aliphatic carbocycles. The third-order valence-corrected chi connectivity index (χ3v) is 4.53. The van der Waals surface area contributed by atoms with Crippen LogP contribution in [0, 0.1) is 19.8 Å². The Morgan fingerprint density at radius 3 is 2.62 bits per heavy atom. The zero-order valence-electron chi connectivity index (χ0n) is 13.2. The molecule has 0 amide bonds. The molecule has 0 saturated carbocycles. The molecule has 0 unspecified atom stereocenters. The van der Waals surface area contributed by atoms with Crippen molar-refractivity contribution in [3.8, 4) is 0 Å². The summed E-state index contributed by atoms with van der Waals surface area (Å²) in [5, 5.41) is 0. The van der Waals surface area contributed by atoms with Gasteiger partial charge in [-0.2, -0.15) is 0 Å². The number of nitrogens with zero attached hydrogens (tertiary/aromatic N) is 4. The summed E-state index contributed by atoms with van der Waals surface area (Å²) in [6.07, 6.45) is 7.46. The van der Waals surface area contributed by atoms with Crippen LogP contribution < -0.4 is 0 Å². The highest BCUT2D eigenvalue weighted by molar-refractivity contribution is 5.05. The molecule has 1 aliphatic heterocycles. The van der Waals surface area contributed by atoms with Crippen LogP contribution in [0.15, 0.2) is 16.8 Å². The molecule has 0 atom stereocenters. The van der Waals surface area contributed by atoms with E-state index in [2.05, 4.69) is 26.5 Å². The summed E-state index contributed by atoms with van der Waals surface area (Å²) in [6.45, 7) is 7.06. The molecule has 1 fully saturated rings. The van der Waals surface area contributed by atoms with Crippen LogP contribution in [0.1, 0.15) is 36.0 Å². The first-order valence-corrected chi connectivity index (χ1v) is 7.73. The van der Waals surface area contributed by atoms with Crippen LogP contribution >= 0.6 is 0 Å². The minimum absolute atomic E-state index is 0.746. The fourth-order valence-corrected chi connectivity index (χ4v) is 3.00. The fraction of sp³-hybridized carbons (Fsp3) is 0.625. The molecule has 5 nitrogen and oxygen atoms in total. The Hall–Kier alpha value is -1.62. The lowest BCUT2D eigenvalue weighted by Gasteiger charge is -2.30. The molecule has 21 heavy (non-hydrogen) atoms. The molecular weight excluding hydrogens is 264 g/mol. The predicted octanol–water partition coefficient (Wildman–Crippen LogP) is 2.48. The Morgan fingerprint density at radius 2 is 2.05 bits per heavy atom. The third-order valence-electron chi connectivity index (χ3n) is 4.53. The minimum Gasteiger partial charge on any atom is -0.444 e. The highest BCUT2D eigenvalue weighted by Crippen LogP contribution is 2.22. The maximum Gasteiger partial charge on any atom is 0.208 e. The molecule has 3 heterocycles. The molecule has 0 radical (unpaired) electrons.